The molecule has 3 nitrogen and oxygen atoms in total. The van der Waals surface area contributed by atoms with Crippen LogP contribution in [0, 0.1) is 0 Å². The van der Waals surface area contributed by atoms with Crippen LogP contribution in [0.5, 0.6) is 0 Å². The maximum Gasteiger partial charge on any atom is 0.119 e. The number of benzene rings is 1. The first kappa shape index (κ1) is 14.7. The molecule has 3 rings (SSSR count). The van der Waals surface area contributed by atoms with Gasteiger partial charge in [0.1, 0.15) is 5.03 Å². The quantitative estimate of drug-likeness (QED) is 0.655. The molecular weight excluding hydrogens is 290 g/mol. The fourth-order valence-corrected chi connectivity index (χ4v) is 2.87. The zero-order valence-electron chi connectivity index (χ0n) is 12.4. The summed E-state index contributed by atoms with van der Waals surface area (Å²) in [5.74, 6) is 0.877. The zero-order chi connectivity index (χ0) is 15.2. The van der Waals surface area contributed by atoms with Crippen LogP contribution >= 0.6 is 11.8 Å². The van der Waals surface area contributed by atoms with E-state index in [0.29, 0.717) is 0 Å². The normalized spacial score (nSPS) is 10.6. The van der Waals surface area contributed by atoms with E-state index >= 15 is 0 Å². The van der Waals surface area contributed by atoms with Gasteiger partial charge in [0.05, 0.1) is 5.69 Å². The van der Waals surface area contributed by atoms with Crippen LogP contribution in [-0.2, 0) is 12.2 Å². The Hall–Kier alpha value is -2.20. The highest BCUT2D eigenvalue weighted by Crippen LogP contribution is 2.22. The van der Waals surface area contributed by atoms with Crippen molar-refractivity contribution < 1.29 is 0 Å². The molecule has 2 aromatic heterocycles. The number of pyridine rings is 1. The minimum absolute atomic E-state index is 0.877. The van der Waals surface area contributed by atoms with Gasteiger partial charge in [0, 0.05) is 23.7 Å². The Labute approximate surface area is 134 Å². The average Bonchev–Trinajstić information content (AvgIpc) is 2.61. The lowest BCUT2D eigenvalue weighted by molar-refractivity contribution is 0.935. The van der Waals surface area contributed by atoms with Crippen LogP contribution in [0.3, 0.4) is 0 Å². The first-order chi connectivity index (χ1) is 10.8. The summed E-state index contributed by atoms with van der Waals surface area (Å²) in [5.41, 5.74) is 4.59. The van der Waals surface area contributed by atoms with Crippen molar-refractivity contribution in [3.63, 3.8) is 0 Å². The monoisotopic (exact) mass is 307 g/mol. The van der Waals surface area contributed by atoms with Crippen LogP contribution in [0.1, 0.15) is 18.1 Å². The van der Waals surface area contributed by atoms with Gasteiger partial charge in [0.25, 0.3) is 0 Å². The Morgan fingerprint density at radius 3 is 2.23 bits per heavy atom. The van der Waals surface area contributed by atoms with Crippen molar-refractivity contribution in [1.82, 2.24) is 15.2 Å². The molecule has 3 aromatic rings. The second kappa shape index (κ2) is 7.18. The summed E-state index contributed by atoms with van der Waals surface area (Å²) in [5, 5.41) is 9.58. The van der Waals surface area contributed by atoms with E-state index in [0.717, 1.165) is 28.5 Å². The van der Waals surface area contributed by atoms with E-state index < -0.39 is 0 Å². The first-order valence-electron chi connectivity index (χ1n) is 7.30. The van der Waals surface area contributed by atoms with Gasteiger partial charge in [-0.05, 0) is 41.8 Å². The molecule has 0 bridgehead atoms. The number of rotatable bonds is 5. The lowest BCUT2D eigenvalue weighted by Crippen LogP contribution is -1.90. The van der Waals surface area contributed by atoms with Crippen molar-refractivity contribution in [3.05, 3.63) is 72.1 Å². The van der Waals surface area contributed by atoms with Crippen molar-refractivity contribution in [2.45, 2.75) is 24.1 Å². The molecule has 0 aliphatic heterocycles. The molecule has 22 heavy (non-hydrogen) atoms. The number of aromatic nitrogens is 3. The molecule has 0 atom stereocenters. The lowest BCUT2D eigenvalue weighted by atomic mass is 10.1. The van der Waals surface area contributed by atoms with Crippen LogP contribution in [0.4, 0.5) is 0 Å². The molecule has 0 radical (unpaired) electrons. The Morgan fingerprint density at radius 1 is 0.818 bits per heavy atom. The molecule has 0 fully saturated rings. The van der Waals surface area contributed by atoms with Gasteiger partial charge in [-0.2, -0.15) is 0 Å². The maximum atomic E-state index is 4.33. The van der Waals surface area contributed by atoms with Crippen molar-refractivity contribution in [3.8, 4) is 11.3 Å². The van der Waals surface area contributed by atoms with Gasteiger partial charge in [0.15, 0.2) is 0 Å². The van der Waals surface area contributed by atoms with E-state index in [9.17, 15) is 0 Å². The summed E-state index contributed by atoms with van der Waals surface area (Å²) in [6.07, 6.45) is 4.67. The summed E-state index contributed by atoms with van der Waals surface area (Å²) in [4.78, 5) is 4.02. The number of hydrogen-bond acceptors (Lipinski definition) is 4. The van der Waals surface area contributed by atoms with Gasteiger partial charge >= 0.3 is 0 Å². The molecular formula is C18H17N3S. The van der Waals surface area contributed by atoms with Gasteiger partial charge in [-0.15, -0.1) is 10.2 Å². The number of thioether (sulfide) groups is 1. The molecule has 0 saturated carbocycles. The van der Waals surface area contributed by atoms with E-state index in [1.54, 1.807) is 11.8 Å². The van der Waals surface area contributed by atoms with Crippen molar-refractivity contribution in [2.24, 2.45) is 0 Å². The third-order valence-electron chi connectivity index (χ3n) is 3.43. The molecule has 0 unspecified atom stereocenters. The Kier molecular flexibility index (Phi) is 4.81. The van der Waals surface area contributed by atoms with E-state index in [1.807, 2.05) is 36.7 Å². The summed E-state index contributed by atoms with van der Waals surface area (Å²) in [6.45, 7) is 2.16. The maximum absolute atomic E-state index is 4.33. The highest BCUT2D eigenvalue weighted by molar-refractivity contribution is 7.98. The largest absolute Gasteiger partial charge is 0.265 e. The number of hydrogen-bond donors (Lipinski definition) is 0. The molecule has 0 aliphatic carbocycles. The standard InChI is InChI=1S/C18H17N3S/c1-2-14-3-5-16(6-4-14)17-7-8-18(21-20-17)22-13-15-9-11-19-12-10-15/h3-12H,2,13H2,1H3. The van der Waals surface area contributed by atoms with E-state index in [-0.39, 0.29) is 0 Å². The van der Waals surface area contributed by atoms with Gasteiger partial charge in [0.2, 0.25) is 0 Å². The van der Waals surface area contributed by atoms with Gasteiger partial charge in [-0.3, -0.25) is 4.98 Å². The van der Waals surface area contributed by atoms with Gasteiger partial charge in [-0.1, -0.05) is 43.0 Å². The van der Waals surface area contributed by atoms with Crippen LogP contribution < -0.4 is 0 Å². The number of nitrogens with zero attached hydrogens (tertiary/aromatic N) is 3. The van der Waals surface area contributed by atoms with Gasteiger partial charge in [-0.25, -0.2) is 0 Å². The minimum atomic E-state index is 0.877. The fourth-order valence-electron chi connectivity index (χ4n) is 2.10. The summed E-state index contributed by atoms with van der Waals surface area (Å²) in [7, 11) is 0. The summed E-state index contributed by atoms with van der Waals surface area (Å²) < 4.78 is 0. The van der Waals surface area contributed by atoms with Crippen LogP contribution in [0.25, 0.3) is 11.3 Å². The van der Waals surface area contributed by atoms with Crippen molar-refractivity contribution in [2.75, 3.05) is 0 Å². The molecule has 0 aliphatic rings. The summed E-state index contributed by atoms with van der Waals surface area (Å²) >= 11 is 1.68. The molecule has 0 amide bonds. The topological polar surface area (TPSA) is 38.7 Å². The SMILES string of the molecule is CCc1ccc(-c2ccc(SCc3ccncc3)nn2)cc1. The smallest absolute Gasteiger partial charge is 0.119 e. The molecule has 0 N–H and O–H groups in total. The third kappa shape index (κ3) is 3.71. The molecule has 4 heteroatoms. The van der Waals surface area contributed by atoms with Crippen LogP contribution in [0.2, 0.25) is 0 Å². The molecule has 1 aromatic carbocycles. The second-order valence-electron chi connectivity index (χ2n) is 4.95. The molecule has 0 saturated heterocycles. The van der Waals surface area contributed by atoms with Crippen LogP contribution in [0.15, 0.2) is 66.0 Å². The Balaban J connectivity index is 1.67. The van der Waals surface area contributed by atoms with E-state index in [1.165, 1.54) is 11.1 Å². The van der Waals surface area contributed by atoms with Gasteiger partial charge < -0.3 is 0 Å². The molecule has 110 valence electrons. The zero-order valence-corrected chi connectivity index (χ0v) is 13.3. The molecule has 0 spiro atoms. The van der Waals surface area contributed by atoms with E-state index in [4.69, 9.17) is 0 Å². The second-order valence-corrected chi connectivity index (χ2v) is 5.95. The Morgan fingerprint density at radius 2 is 1.59 bits per heavy atom. The lowest BCUT2D eigenvalue weighted by Gasteiger charge is -2.04. The average molecular weight is 307 g/mol. The highest BCUT2D eigenvalue weighted by Gasteiger charge is 2.02. The third-order valence-corrected chi connectivity index (χ3v) is 4.43. The van der Waals surface area contributed by atoms with Crippen molar-refractivity contribution in [1.29, 1.82) is 0 Å². The summed E-state index contributed by atoms with van der Waals surface area (Å²) in [6, 6.07) is 16.6. The highest BCUT2D eigenvalue weighted by atomic mass is 32.2. The predicted octanol–water partition coefficient (Wildman–Crippen LogP) is 4.39. The first-order valence-corrected chi connectivity index (χ1v) is 8.28. The van der Waals surface area contributed by atoms with Crippen molar-refractivity contribution >= 4 is 11.8 Å². The minimum Gasteiger partial charge on any atom is -0.265 e. The fraction of sp³-hybridized carbons (Fsp3) is 0.167. The number of aryl methyl sites for hydroxylation is 1. The van der Waals surface area contributed by atoms with E-state index in [2.05, 4.69) is 46.4 Å². The molecule has 2 heterocycles. The predicted molar refractivity (Wildman–Crippen MR) is 90.6 cm³/mol. The van der Waals surface area contributed by atoms with Crippen LogP contribution in [-0.4, -0.2) is 15.2 Å². The Bertz CT molecular complexity index is 710.